The topological polar surface area (TPSA) is 68.0 Å². The number of benzene rings is 1. The highest BCUT2D eigenvalue weighted by atomic mass is 16.4. The molecular weight excluding hydrogens is 266 g/mol. The van der Waals surface area contributed by atoms with Crippen molar-refractivity contribution in [2.24, 2.45) is 11.8 Å². The van der Waals surface area contributed by atoms with E-state index in [2.05, 4.69) is 17.2 Å². The van der Waals surface area contributed by atoms with E-state index in [0.717, 1.165) is 24.8 Å². The van der Waals surface area contributed by atoms with Crippen LogP contribution < -0.4 is 0 Å². The molecule has 1 saturated carbocycles. The van der Waals surface area contributed by atoms with Gasteiger partial charge in [0.2, 0.25) is 0 Å². The Hall–Kier alpha value is -1.91. The zero-order chi connectivity index (χ0) is 14.8. The van der Waals surface area contributed by atoms with Crippen molar-refractivity contribution in [3.8, 4) is 0 Å². The van der Waals surface area contributed by atoms with E-state index in [0.29, 0.717) is 11.0 Å². The first-order chi connectivity index (χ1) is 10.1. The molecule has 1 aliphatic carbocycles. The molecule has 2 unspecified atom stereocenters. The number of aryl methyl sites for hydroxylation is 1. The van der Waals surface area contributed by atoms with Crippen LogP contribution in [0.2, 0.25) is 0 Å². The van der Waals surface area contributed by atoms with E-state index in [9.17, 15) is 9.90 Å². The van der Waals surface area contributed by atoms with Crippen molar-refractivity contribution in [3.05, 3.63) is 23.8 Å². The normalized spacial score (nSPS) is 22.5. The van der Waals surface area contributed by atoms with Gasteiger partial charge >= 0.3 is 5.97 Å². The highest BCUT2D eigenvalue weighted by Gasteiger charge is 2.20. The largest absolute Gasteiger partial charge is 0.478 e. The van der Waals surface area contributed by atoms with Crippen LogP contribution in [0.15, 0.2) is 18.2 Å². The SMILES string of the molecule is CC1CCCC(CCn2nnc3cccc(C(=O)O)c32)C1. The zero-order valence-corrected chi connectivity index (χ0v) is 12.3. The van der Waals surface area contributed by atoms with E-state index < -0.39 is 5.97 Å². The first-order valence-corrected chi connectivity index (χ1v) is 7.70. The molecule has 0 amide bonds. The summed E-state index contributed by atoms with van der Waals surface area (Å²) in [5.74, 6) is 0.617. The molecular formula is C16H21N3O2. The Bertz CT molecular complexity index is 650. The van der Waals surface area contributed by atoms with E-state index in [1.165, 1.54) is 25.7 Å². The number of nitrogens with zero attached hydrogens (tertiary/aromatic N) is 3. The molecule has 0 saturated heterocycles. The van der Waals surface area contributed by atoms with Crippen molar-refractivity contribution >= 4 is 17.0 Å². The molecule has 1 aromatic heterocycles. The van der Waals surface area contributed by atoms with Crippen LogP contribution in [0.1, 0.15) is 49.4 Å². The second-order valence-electron chi connectivity index (χ2n) is 6.22. The Balaban J connectivity index is 1.79. The number of carbonyl (C=O) groups is 1. The fourth-order valence-corrected chi connectivity index (χ4v) is 3.49. The maximum Gasteiger partial charge on any atom is 0.337 e. The smallest absolute Gasteiger partial charge is 0.337 e. The van der Waals surface area contributed by atoms with Gasteiger partial charge in [-0.1, -0.05) is 37.5 Å². The van der Waals surface area contributed by atoms with Crippen molar-refractivity contribution in [2.45, 2.75) is 45.6 Å². The minimum atomic E-state index is -0.921. The lowest BCUT2D eigenvalue weighted by Crippen LogP contribution is -2.16. The Morgan fingerprint density at radius 3 is 3.05 bits per heavy atom. The van der Waals surface area contributed by atoms with Crippen LogP contribution >= 0.6 is 0 Å². The number of aromatic nitrogens is 3. The van der Waals surface area contributed by atoms with Crippen LogP contribution in [0, 0.1) is 11.8 Å². The summed E-state index contributed by atoms with van der Waals surface area (Å²) in [7, 11) is 0. The molecule has 0 spiro atoms. The number of rotatable bonds is 4. The van der Waals surface area contributed by atoms with Gasteiger partial charge in [-0.25, -0.2) is 9.48 Å². The summed E-state index contributed by atoms with van der Waals surface area (Å²) in [4.78, 5) is 11.3. The lowest BCUT2D eigenvalue weighted by atomic mass is 9.81. The van der Waals surface area contributed by atoms with Gasteiger partial charge < -0.3 is 5.11 Å². The van der Waals surface area contributed by atoms with Crippen LogP contribution in [-0.2, 0) is 6.54 Å². The second-order valence-corrected chi connectivity index (χ2v) is 6.22. The van der Waals surface area contributed by atoms with Gasteiger partial charge in [0.1, 0.15) is 11.0 Å². The fraction of sp³-hybridized carbons (Fsp3) is 0.562. The maximum absolute atomic E-state index is 11.3. The molecule has 5 heteroatoms. The molecule has 1 aliphatic rings. The summed E-state index contributed by atoms with van der Waals surface area (Å²) in [5.41, 5.74) is 1.59. The van der Waals surface area contributed by atoms with E-state index in [1.54, 1.807) is 16.8 Å². The highest BCUT2D eigenvalue weighted by Crippen LogP contribution is 2.31. The van der Waals surface area contributed by atoms with Gasteiger partial charge in [-0.15, -0.1) is 5.10 Å². The summed E-state index contributed by atoms with van der Waals surface area (Å²) >= 11 is 0. The molecule has 112 valence electrons. The van der Waals surface area contributed by atoms with Crippen LogP contribution in [0.5, 0.6) is 0 Å². The quantitative estimate of drug-likeness (QED) is 0.936. The standard InChI is InChI=1S/C16H21N3O2/c1-11-4-2-5-12(10-11)8-9-19-15-13(16(20)21)6-3-7-14(15)17-18-19/h3,6-7,11-12H,2,4-5,8-10H2,1H3,(H,20,21). The first-order valence-electron chi connectivity index (χ1n) is 7.70. The van der Waals surface area contributed by atoms with E-state index in [-0.39, 0.29) is 5.56 Å². The average molecular weight is 287 g/mol. The van der Waals surface area contributed by atoms with Gasteiger partial charge in [-0.2, -0.15) is 0 Å². The maximum atomic E-state index is 11.3. The van der Waals surface area contributed by atoms with E-state index >= 15 is 0 Å². The minimum absolute atomic E-state index is 0.287. The van der Waals surface area contributed by atoms with Crippen molar-refractivity contribution in [2.75, 3.05) is 0 Å². The monoisotopic (exact) mass is 287 g/mol. The lowest BCUT2D eigenvalue weighted by Gasteiger charge is -2.26. The van der Waals surface area contributed by atoms with Crippen LogP contribution in [0.4, 0.5) is 0 Å². The summed E-state index contributed by atoms with van der Waals surface area (Å²) in [5, 5.41) is 17.5. The number of aromatic carboxylic acids is 1. The first kappa shape index (κ1) is 14.0. The summed E-state index contributed by atoms with van der Waals surface area (Å²) in [6, 6.07) is 5.15. The van der Waals surface area contributed by atoms with Gasteiger partial charge in [-0.3, -0.25) is 0 Å². The summed E-state index contributed by atoms with van der Waals surface area (Å²) in [6.07, 6.45) is 6.26. The number of hydrogen-bond donors (Lipinski definition) is 1. The van der Waals surface area contributed by atoms with Gasteiger partial charge in [0.15, 0.2) is 0 Å². The number of carboxylic acids is 1. The molecule has 1 fully saturated rings. The predicted molar refractivity (Wildman–Crippen MR) is 80.2 cm³/mol. The van der Waals surface area contributed by atoms with Crippen molar-refractivity contribution in [1.82, 2.24) is 15.0 Å². The number of para-hydroxylation sites is 1. The van der Waals surface area contributed by atoms with Gasteiger partial charge in [0, 0.05) is 6.54 Å². The van der Waals surface area contributed by atoms with Crippen LogP contribution in [0.3, 0.4) is 0 Å². The molecule has 1 heterocycles. The lowest BCUT2D eigenvalue weighted by molar-refractivity contribution is 0.0698. The van der Waals surface area contributed by atoms with Gasteiger partial charge in [-0.05, 0) is 36.8 Å². The number of carboxylic acid groups (broad SMARTS) is 1. The Kier molecular flexibility index (Phi) is 3.90. The van der Waals surface area contributed by atoms with Gasteiger partial charge in [0.05, 0.1) is 5.56 Å². The molecule has 2 atom stereocenters. The predicted octanol–water partition coefficient (Wildman–Crippen LogP) is 3.35. The van der Waals surface area contributed by atoms with Crippen molar-refractivity contribution < 1.29 is 9.90 Å². The van der Waals surface area contributed by atoms with E-state index in [4.69, 9.17) is 0 Å². The molecule has 0 radical (unpaired) electrons. The molecule has 0 bridgehead atoms. The van der Waals surface area contributed by atoms with Crippen LogP contribution in [-0.4, -0.2) is 26.1 Å². The number of hydrogen-bond acceptors (Lipinski definition) is 3. The second kappa shape index (κ2) is 5.84. The Morgan fingerprint density at radius 1 is 1.43 bits per heavy atom. The third-order valence-corrected chi connectivity index (χ3v) is 4.56. The Morgan fingerprint density at radius 2 is 2.29 bits per heavy atom. The number of fused-ring (bicyclic) bond motifs is 1. The zero-order valence-electron chi connectivity index (χ0n) is 12.3. The fourth-order valence-electron chi connectivity index (χ4n) is 3.49. The molecule has 3 rings (SSSR count). The van der Waals surface area contributed by atoms with Crippen LogP contribution in [0.25, 0.3) is 11.0 Å². The Labute approximate surface area is 124 Å². The summed E-state index contributed by atoms with van der Waals surface area (Å²) < 4.78 is 1.76. The van der Waals surface area contributed by atoms with Gasteiger partial charge in [0.25, 0.3) is 0 Å². The van der Waals surface area contributed by atoms with Crippen molar-refractivity contribution in [3.63, 3.8) is 0 Å². The molecule has 0 aliphatic heterocycles. The highest BCUT2D eigenvalue weighted by molar-refractivity contribution is 6.00. The third-order valence-electron chi connectivity index (χ3n) is 4.56. The molecule has 5 nitrogen and oxygen atoms in total. The molecule has 1 N–H and O–H groups in total. The molecule has 1 aromatic carbocycles. The summed E-state index contributed by atoms with van der Waals surface area (Å²) in [6.45, 7) is 3.07. The van der Waals surface area contributed by atoms with Crippen molar-refractivity contribution in [1.29, 1.82) is 0 Å². The third kappa shape index (κ3) is 2.91. The molecule has 21 heavy (non-hydrogen) atoms. The minimum Gasteiger partial charge on any atom is -0.478 e. The average Bonchev–Trinajstić information content (AvgIpc) is 2.88. The molecule has 2 aromatic rings. The van der Waals surface area contributed by atoms with E-state index in [1.807, 2.05) is 6.07 Å².